The number of aromatic amines is 1. The van der Waals surface area contributed by atoms with E-state index in [4.69, 9.17) is 4.99 Å². The average molecular weight is 367 g/mol. The molecule has 1 N–H and O–H groups in total. The fourth-order valence-electron chi connectivity index (χ4n) is 4.29. The Balaban J connectivity index is 1.82. The van der Waals surface area contributed by atoms with E-state index >= 15 is 0 Å². The monoisotopic (exact) mass is 366 g/mol. The maximum atomic E-state index is 12.7. The second-order valence-electron chi connectivity index (χ2n) is 8.53. The number of aromatic nitrogens is 1. The number of benzene rings is 1. The molecule has 0 saturated heterocycles. The number of hydrogen-bond donors (Lipinski definition) is 1. The van der Waals surface area contributed by atoms with Gasteiger partial charge in [-0.25, -0.2) is 0 Å². The van der Waals surface area contributed by atoms with Crippen LogP contribution in [0.5, 0.6) is 0 Å². The molecule has 144 valence electrons. The van der Waals surface area contributed by atoms with E-state index in [0.717, 1.165) is 36.2 Å². The third-order valence-electron chi connectivity index (χ3n) is 5.49. The molecule has 1 aromatic heterocycles. The van der Waals surface area contributed by atoms with E-state index < -0.39 is 5.92 Å². The van der Waals surface area contributed by atoms with Gasteiger partial charge in [-0.2, -0.15) is 0 Å². The summed E-state index contributed by atoms with van der Waals surface area (Å²) in [6.45, 7) is 8.85. The first-order valence-electron chi connectivity index (χ1n) is 9.97. The average Bonchev–Trinajstić information content (AvgIpc) is 2.89. The van der Waals surface area contributed by atoms with Crippen LogP contribution in [0.3, 0.4) is 0 Å². The van der Waals surface area contributed by atoms with Crippen molar-refractivity contribution in [3.63, 3.8) is 0 Å². The van der Waals surface area contributed by atoms with Gasteiger partial charge in [-0.15, -0.1) is 0 Å². The van der Waals surface area contributed by atoms with Crippen molar-refractivity contribution in [1.82, 2.24) is 4.98 Å². The number of carbonyl (C=O) groups excluding carboxylic acids is 2. The van der Waals surface area contributed by atoms with Crippen molar-refractivity contribution < 1.29 is 9.59 Å². The quantitative estimate of drug-likeness (QED) is 0.744. The van der Waals surface area contributed by atoms with E-state index in [-0.39, 0.29) is 17.0 Å². The van der Waals surface area contributed by atoms with Crippen LogP contribution in [0, 0.1) is 18.3 Å². The SMILES string of the molecule is CCCC(=O)[C@@H]1C(=O)CC(C)(C)CC1=NCCc1c(C)[nH]c2ccccc12. The lowest BCUT2D eigenvalue weighted by molar-refractivity contribution is -0.132. The molecular weight excluding hydrogens is 336 g/mol. The first-order chi connectivity index (χ1) is 12.8. The van der Waals surface area contributed by atoms with Crippen molar-refractivity contribution in [1.29, 1.82) is 0 Å². The van der Waals surface area contributed by atoms with Gasteiger partial charge in [0.05, 0.1) is 0 Å². The van der Waals surface area contributed by atoms with Gasteiger partial charge in [-0.05, 0) is 43.2 Å². The second-order valence-corrected chi connectivity index (χ2v) is 8.53. The third-order valence-corrected chi connectivity index (χ3v) is 5.49. The number of carbonyl (C=O) groups is 2. The van der Waals surface area contributed by atoms with Crippen molar-refractivity contribution in [2.24, 2.45) is 16.3 Å². The van der Waals surface area contributed by atoms with Crippen molar-refractivity contribution in [3.05, 3.63) is 35.5 Å². The van der Waals surface area contributed by atoms with Crippen LogP contribution < -0.4 is 0 Å². The minimum atomic E-state index is -0.609. The number of aliphatic imine (C=N–C) groups is 1. The van der Waals surface area contributed by atoms with Crippen LogP contribution in [0.15, 0.2) is 29.3 Å². The Morgan fingerprint density at radius 3 is 2.74 bits per heavy atom. The number of rotatable bonds is 6. The minimum Gasteiger partial charge on any atom is -0.358 e. The molecule has 1 saturated carbocycles. The summed E-state index contributed by atoms with van der Waals surface area (Å²) in [5, 5.41) is 1.23. The Morgan fingerprint density at radius 2 is 2.00 bits per heavy atom. The first kappa shape index (κ1) is 19.5. The fraction of sp³-hybridized carbons (Fsp3) is 0.522. The molecule has 27 heavy (non-hydrogen) atoms. The van der Waals surface area contributed by atoms with Gasteiger partial charge in [0.25, 0.3) is 0 Å². The largest absolute Gasteiger partial charge is 0.358 e. The number of H-pyrrole nitrogens is 1. The van der Waals surface area contributed by atoms with Gasteiger partial charge in [0, 0.05) is 41.7 Å². The lowest BCUT2D eigenvalue weighted by Crippen LogP contribution is -2.42. The van der Waals surface area contributed by atoms with Crippen LogP contribution in [0.2, 0.25) is 0 Å². The predicted molar refractivity (Wildman–Crippen MR) is 110 cm³/mol. The number of ketones is 2. The summed E-state index contributed by atoms with van der Waals surface area (Å²) in [4.78, 5) is 33.4. The summed E-state index contributed by atoms with van der Waals surface area (Å²) in [7, 11) is 0. The molecule has 3 rings (SSSR count). The zero-order valence-corrected chi connectivity index (χ0v) is 16.9. The van der Waals surface area contributed by atoms with Crippen molar-refractivity contribution >= 4 is 28.2 Å². The van der Waals surface area contributed by atoms with Crippen LogP contribution in [0.25, 0.3) is 10.9 Å². The number of nitrogens with one attached hydrogen (secondary N) is 1. The van der Waals surface area contributed by atoms with Crippen LogP contribution in [0.4, 0.5) is 0 Å². The number of aryl methyl sites for hydroxylation is 1. The standard InChI is InChI=1S/C23H30N2O2/c1-5-8-20(26)22-19(13-23(3,4)14-21(22)27)24-12-11-16-15(2)25-18-10-7-6-9-17(16)18/h6-7,9-10,22,25H,5,8,11-14H2,1-4H3/t22-/m1/s1. The minimum absolute atomic E-state index is 0.0417. The van der Waals surface area contributed by atoms with Crippen LogP contribution in [-0.2, 0) is 16.0 Å². The van der Waals surface area contributed by atoms with Gasteiger partial charge >= 0.3 is 0 Å². The first-order valence-corrected chi connectivity index (χ1v) is 9.97. The van der Waals surface area contributed by atoms with E-state index in [1.807, 2.05) is 19.1 Å². The molecule has 1 aromatic carbocycles. The Morgan fingerprint density at radius 1 is 1.26 bits per heavy atom. The van der Waals surface area contributed by atoms with Crippen LogP contribution >= 0.6 is 0 Å². The molecule has 1 atom stereocenters. The van der Waals surface area contributed by atoms with Crippen LogP contribution in [-0.4, -0.2) is 28.8 Å². The van der Waals surface area contributed by atoms with Crippen molar-refractivity contribution in [2.45, 2.75) is 59.8 Å². The zero-order valence-electron chi connectivity index (χ0n) is 16.9. The molecule has 0 aliphatic heterocycles. The number of para-hydroxylation sites is 1. The summed E-state index contributed by atoms with van der Waals surface area (Å²) in [6.07, 6.45) is 3.23. The molecule has 0 amide bonds. The summed E-state index contributed by atoms with van der Waals surface area (Å²) in [5.74, 6) is -0.520. The summed E-state index contributed by atoms with van der Waals surface area (Å²) in [6, 6.07) is 8.29. The van der Waals surface area contributed by atoms with E-state index in [1.165, 1.54) is 10.9 Å². The van der Waals surface area contributed by atoms with Crippen molar-refractivity contribution in [2.75, 3.05) is 6.54 Å². The topological polar surface area (TPSA) is 62.3 Å². The Bertz CT molecular complexity index is 889. The third kappa shape index (κ3) is 4.20. The summed E-state index contributed by atoms with van der Waals surface area (Å²) < 4.78 is 0. The molecule has 1 aliphatic carbocycles. The molecule has 0 radical (unpaired) electrons. The summed E-state index contributed by atoms with van der Waals surface area (Å²) in [5.41, 5.74) is 4.26. The molecule has 0 spiro atoms. The molecule has 1 heterocycles. The predicted octanol–water partition coefficient (Wildman–Crippen LogP) is 4.83. The number of nitrogens with zero attached hydrogens (tertiary/aromatic N) is 1. The van der Waals surface area contributed by atoms with Gasteiger partial charge in [-0.1, -0.05) is 39.0 Å². The maximum Gasteiger partial charge on any atom is 0.149 e. The number of Topliss-reactive ketones (excluding diaryl/α,β-unsaturated/α-hetero) is 2. The highest BCUT2D eigenvalue weighted by Gasteiger charge is 2.41. The molecule has 1 fully saturated rings. The van der Waals surface area contributed by atoms with Gasteiger partial charge in [0.15, 0.2) is 0 Å². The van der Waals surface area contributed by atoms with Gasteiger partial charge < -0.3 is 4.98 Å². The lowest BCUT2D eigenvalue weighted by atomic mass is 9.69. The van der Waals surface area contributed by atoms with Gasteiger partial charge in [0.1, 0.15) is 17.5 Å². The second kappa shape index (κ2) is 7.79. The molecule has 4 nitrogen and oxygen atoms in total. The highest BCUT2D eigenvalue weighted by atomic mass is 16.2. The van der Waals surface area contributed by atoms with Crippen molar-refractivity contribution in [3.8, 4) is 0 Å². The van der Waals surface area contributed by atoms with E-state index in [9.17, 15) is 9.59 Å². The molecule has 2 aromatic rings. The molecule has 4 heteroatoms. The van der Waals surface area contributed by atoms with Gasteiger partial charge in [0.2, 0.25) is 0 Å². The molecule has 1 aliphatic rings. The Labute approximate surface area is 161 Å². The Kier molecular flexibility index (Phi) is 5.64. The zero-order chi connectivity index (χ0) is 19.6. The number of hydrogen-bond acceptors (Lipinski definition) is 3. The molecule has 0 bridgehead atoms. The van der Waals surface area contributed by atoms with Gasteiger partial charge in [-0.3, -0.25) is 14.6 Å². The Hall–Kier alpha value is -2.23. The smallest absolute Gasteiger partial charge is 0.149 e. The fourth-order valence-corrected chi connectivity index (χ4v) is 4.29. The van der Waals surface area contributed by atoms with E-state index in [0.29, 0.717) is 19.4 Å². The highest BCUT2D eigenvalue weighted by molar-refractivity contribution is 6.22. The molecule has 0 unspecified atom stereocenters. The highest BCUT2D eigenvalue weighted by Crippen LogP contribution is 2.35. The maximum absolute atomic E-state index is 12.7. The van der Waals surface area contributed by atoms with E-state index in [1.54, 1.807) is 0 Å². The number of fused-ring (bicyclic) bond motifs is 1. The van der Waals surface area contributed by atoms with Crippen LogP contribution in [0.1, 0.15) is 57.7 Å². The molecular formula is C23H30N2O2. The normalized spacial score (nSPS) is 21.1. The van der Waals surface area contributed by atoms with E-state index in [2.05, 4.69) is 37.9 Å². The lowest BCUT2D eigenvalue weighted by Gasteiger charge is -2.34. The summed E-state index contributed by atoms with van der Waals surface area (Å²) >= 11 is 0.